The van der Waals surface area contributed by atoms with Gasteiger partial charge in [-0.1, -0.05) is 0 Å². The summed E-state index contributed by atoms with van der Waals surface area (Å²) in [7, 11) is 0. The van der Waals surface area contributed by atoms with Crippen LogP contribution in [-0.2, 0) is 28.5 Å². The van der Waals surface area contributed by atoms with Gasteiger partial charge in [-0.15, -0.1) is 0 Å². The van der Waals surface area contributed by atoms with E-state index in [-0.39, 0.29) is 5.91 Å². The maximum atomic E-state index is 11.5. The van der Waals surface area contributed by atoms with Crippen molar-refractivity contribution in [3.63, 3.8) is 0 Å². The average molecular weight is 305 g/mol. The molecule has 1 aliphatic rings. The van der Waals surface area contributed by atoms with Crippen molar-refractivity contribution in [3.8, 4) is 0 Å². The predicted octanol–water partition coefficient (Wildman–Crippen LogP) is -0.0685. The highest BCUT2D eigenvalue weighted by atomic mass is 16.6. The number of nitrogens with zero attached hydrogens (tertiary/aromatic N) is 1. The molecule has 0 atom stereocenters. The summed E-state index contributed by atoms with van der Waals surface area (Å²) in [6.07, 6.45) is 0. The van der Waals surface area contributed by atoms with E-state index in [2.05, 4.69) is 0 Å². The van der Waals surface area contributed by atoms with Crippen molar-refractivity contribution < 1.29 is 28.5 Å². The van der Waals surface area contributed by atoms with E-state index in [0.717, 1.165) is 0 Å². The van der Waals surface area contributed by atoms with E-state index in [0.29, 0.717) is 79.2 Å². The number of carbonyl (C=O) groups is 1. The zero-order chi connectivity index (χ0) is 15.2. The van der Waals surface area contributed by atoms with Crippen molar-refractivity contribution in [2.75, 3.05) is 79.2 Å². The monoisotopic (exact) mass is 305 g/mol. The minimum atomic E-state index is 0.0289. The highest BCUT2D eigenvalue weighted by Crippen LogP contribution is 1.92. The fourth-order valence-corrected chi connectivity index (χ4v) is 1.76. The van der Waals surface area contributed by atoms with Crippen molar-refractivity contribution in [2.45, 2.75) is 6.92 Å². The first kappa shape index (κ1) is 18.3. The predicted molar refractivity (Wildman–Crippen MR) is 76.3 cm³/mol. The fourth-order valence-electron chi connectivity index (χ4n) is 1.76. The molecule has 0 aliphatic carbocycles. The van der Waals surface area contributed by atoms with Crippen LogP contribution in [0.3, 0.4) is 0 Å². The van der Waals surface area contributed by atoms with E-state index in [1.165, 1.54) is 0 Å². The van der Waals surface area contributed by atoms with Crippen LogP contribution in [0, 0.1) is 0 Å². The van der Waals surface area contributed by atoms with Crippen molar-refractivity contribution in [3.05, 3.63) is 0 Å². The Morgan fingerprint density at radius 2 is 0.905 bits per heavy atom. The third-order valence-electron chi connectivity index (χ3n) is 2.94. The van der Waals surface area contributed by atoms with Gasteiger partial charge in [-0.25, -0.2) is 0 Å². The average Bonchev–Trinajstić information content (AvgIpc) is 2.47. The molecular formula is C14H27NO6. The maximum absolute atomic E-state index is 11.5. The molecule has 0 bridgehead atoms. The first-order valence-electron chi connectivity index (χ1n) is 7.45. The number of hydrogen-bond donors (Lipinski definition) is 0. The lowest BCUT2D eigenvalue weighted by Gasteiger charge is -2.21. The van der Waals surface area contributed by atoms with Gasteiger partial charge >= 0.3 is 0 Å². The van der Waals surface area contributed by atoms with Gasteiger partial charge in [0, 0.05) is 20.0 Å². The van der Waals surface area contributed by atoms with Gasteiger partial charge in [-0.05, 0) is 0 Å². The number of amides is 1. The van der Waals surface area contributed by atoms with Crippen LogP contribution in [-0.4, -0.2) is 90.0 Å². The summed E-state index contributed by atoms with van der Waals surface area (Å²) in [6, 6.07) is 0. The number of ether oxygens (including phenoxy) is 5. The van der Waals surface area contributed by atoms with Crippen molar-refractivity contribution in [2.24, 2.45) is 0 Å². The zero-order valence-electron chi connectivity index (χ0n) is 12.9. The third-order valence-corrected chi connectivity index (χ3v) is 2.94. The normalized spacial score (nSPS) is 22.2. The summed E-state index contributed by atoms with van der Waals surface area (Å²) in [5.74, 6) is 0.0289. The molecule has 0 radical (unpaired) electrons. The summed E-state index contributed by atoms with van der Waals surface area (Å²) in [4.78, 5) is 13.2. The molecule has 1 heterocycles. The van der Waals surface area contributed by atoms with Crippen molar-refractivity contribution in [1.29, 1.82) is 0 Å². The van der Waals surface area contributed by atoms with Gasteiger partial charge in [0.1, 0.15) is 0 Å². The fraction of sp³-hybridized carbons (Fsp3) is 0.929. The Morgan fingerprint density at radius 1 is 0.619 bits per heavy atom. The zero-order valence-corrected chi connectivity index (χ0v) is 12.9. The molecule has 1 fully saturated rings. The molecule has 0 N–H and O–H groups in total. The minimum Gasteiger partial charge on any atom is -0.377 e. The Hall–Kier alpha value is -0.730. The Bertz CT molecular complexity index is 246. The second-order valence-corrected chi connectivity index (χ2v) is 4.57. The van der Waals surface area contributed by atoms with Gasteiger partial charge in [0.25, 0.3) is 0 Å². The second-order valence-electron chi connectivity index (χ2n) is 4.57. The molecule has 0 aromatic carbocycles. The topological polar surface area (TPSA) is 66.5 Å². The van der Waals surface area contributed by atoms with Crippen molar-refractivity contribution in [1.82, 2.24) is 4.90 Å². The maximum Gasteiger partial charge on any atom is 0.219 e. The standard InChI is InChI=1S/C14H27NO6/c1-14(16)15-2-4-17-6-8-19-10-12-21-13-11-20-9-7-18-5-3-15/h2-13H2,1H3. The van der Waals surface area contributed by atoms with Gasteiger partial charge in [-0.2, -0.15) is 0 Å². The van der Waals surface area contributed by atoms with Crippen LogP contribution >= 0.6 is 0 Å². The third kappa shape index (κ3) is 10.6. The van der Waals surface area contributed by atoms with E-state index in [9.17, 15) is 4.79 Å². The van der Waals surface area contributed by atoms with Crippen LogP contribution in [0.5, 0.6) is 0 Å². The Balaban J connectivity index is 2.23. The number of carbonyl (C=O) groups excluding carboxylic acids is 1. The second kappa shape index (κ2) is 13.0. The summed E-state index contributed by atoms with van der Waals surface area (Å²) in [5, 5.41) is 0. The molecule has 1 rings (SSSR count). The first-order chi connectivity index (χ1) is 10.3. The van der Waals surface area contributed by atoms with Crippen molar-refractivity contribution >= 4 is 5.91 Å². The lowest BCUT2D eigenvalue weighted by Crippen LogP contribution is -2.35. The SMILES string of the molecule is CC(=O)N1CCOCCOCCOCCOCCOCC1. The summed E-state index contributed by atoms with van der Waals surface area (Å²) in [5.41, 5.74) is 0. The molecule has 0 aromatic heterocycles. The van der Waals surface area contributed by atoms with Gasteiger partial charge in [0.2, 0.25) is 5.91 Å². The van der Waals surface area contributed by atoms with Crippen LogP contribution in [0.4, 0.5) is 0 Å². The van der Waals surface area contributed by atoms with E-state index in [1.807, 2.05) is 0 Å². The molecule has 7 nitrogen and oxygen atoms in total. The molecule has 0 aromatic rings. The quantitative estimate of drug-likeness (QED) is 0.624. The molecule has 124 valence electrons. The highest BCUT2D eigenvalue weighted by Gasteiger charge is 2.08. The summed E-state index contributed by atoms with van der Waals surface area (Å²) < 4.78 is 26.9. The molecule has 1 amide bonds. The van der Waals surface area contributed by atoms with Gasteiger partial charge in [-0.3, -0.25) is 4.79 Å². The Kier molecular flexibility index (Phi) is 11.3. The molecule has 1 saturated heterocycles. The molecular weight excluding hydrogens is 278 g/mol. The minimum absolute atomic E-state index is 0.0289. The van der Waals surface area contributed by atoms with E-state index in [1.54, 1.807) is 11.8 Å². The van der Waals surface area contributed by atoms with E-state index < -0.39 is 0 Å². The lowest BCUT2D eigenvalue weighted by atomic mass is 10.4. The molecule has 21 heavy (non-hydrogen) atoms. The molecule has 0 saturated carbocycles. The van der Waals surface area contributed by atoms with E-state index in [4.69, 9.17) is 23.7 Å². The van der Waals surface area contributed by atoms with Gasteiger partial charge < -0.3 is 28.6 Å². The van der Waals surface area contributed by atoms with Crippen LogP contribution in [0.1, 0.15) is 6.92 Å². The Morgan fingerprint density at radius 3 is 1.19 bits per heavy atom. The first-order valence-corrected chi connectivity index (χ1v) is 7.45. The van der Waals surface area contributed by atoms with E-state index >= 15 is 0 Å². The molecule has 0 spiro atoms. The van der Waals surface area contributed by atoms with Crippen LogP contribution < -0.4 is 0 Å². The molecule has 0 unspecified atom stereocenters. The lowest BCUT2D eigenvalue weighted by molar-refractivity contribution is -0.130. The number of hydrogen-bond acceptors (Lipinski definition) is 6. The van der Waals surface area contributed by atoms with Crippen LogP contribution in [0.15, 0.2) is 0 Å². The molecule has 7 heteroatoms. The van der Waals surface area contributed by atoms with Crippen LogP contribution in [0.2, 0.25) is 0 Å². The number of rotatable bonds is 0. The smallest absolute Gasteiger partial charge is 0.219 e. The van der Waals surface area contributed by atoms with Gasteiger partial charge in [0.05, 0.1) is 66.1 Å². The largest absolute Gasteiger partial charge is 0.377 e. The molecule has 1 aliphatic heterocycles. The van der Waals surface area contributed by atoms with Gasteiger partial charge in [0.15, 0.2) is 0 Å². The highest BCUT2D eigenvalue weighted by molar-refractivity contribution is 5.73. The summed E-state index contributed by atoms with van der Waals surface area (Å²) in [6.45, 7) is 8.00. The summed E-state index contributed by atoms with van der Waals surface area (Å²) >= 11 is 0. The van der Waals surface area contributed by atoms with Crippen LogP contribution in [0.25, 0.3) is 0 Å². The Labute approximate surface area is 126 Å².